The van der Waals surface area contributed by atoms with Crippen LogP contribution in [0.15, 0.2) is 24.3 Å². The lowest BCUT2D eigenvalue weighted by Gasteiger charge is -2.08. The van der Waals surface area contributed by atoms with Crippen LogP contribution >= 0.6 is 0 Å². The summed E-state index contributed by atoms with van der Waals surface area (Å²) >= 11 is 0. The van der Waals surface area contributed by atoms with Crippen LogP contribution in [-0.2, 0) is 11.3 Å². The molecule has 6 heteroatoms. The van der Waals surface area contributed by atoms with Crippen molar-refractivity contribution in [1.82, 2.24) is 10.6 Å². The van der Waals surface area contributed by atoms with E-state index in [-0.39, 0.29) is 12.5 Å². The van der Waals surface area contributed by atoms with E-state index in [2.05, 4.69) is 10.6 Å². The molecule has 1 aromatic rings. The van der Waals surface area contributed by atoms with Gasteiger partial charge in [0.2, 0.25) is 0 Å². The van der Waals surface area contributed by atoms with Crippen molar-refractivity contribution in [3.05, 3.63) is 29.8 Å². The number of carboxylic acids is 1. The molecule has 0 radical (unpaired) electrons. The van der Waals surface area contributed by atoms with Crippen molar-refractivity contribution in [2.24, 2.45) is 0 Å². The molecule has 1 aromatic carbocycles. The maximum absolute atomic E-state index is 11.5. The van der Waals surface area contributed by atoms with Crippen LogP contribution in [0.2, 0.25) is 0 Å². The number of carboxylic acid groups (broad SMARTS) is 1. The van der Waals surface area contributed by atoms with Crippen LogP contribution in [0.25, 0.3) is 0 Å². The molecule has 6 nitrogen and oxygen atoms in total. The minimum atomic E-state index is -0.813. The van der Waals surface area contributed by atoms with E-state index in [0.717, 1.165) is 11.3 Å². The van der Waals surface area contributed by atoms with Crippen LogP contribution in [0.5, 0.6) is 5.75 Å². The van der Waals surface area contributed by atoms with Gasteiger partial charge in [-0.05, 0) is 30.5 Å². The molecule has 0 spiro atoms. The summed E-state index contributed by atoms with van der Waals surface area (Å²) in [6.07, 6.45) is 1.34. The molecule has 2 amide bonds. The third kappa shape index (κ3) is 6.63. The zero-order valence-electron chi connectivity index (χ0n) is 11.5. The summed E-state index contributed by atoms with van der Waals surface area (Å²) in [6, 6.07) is 7.19. The Balaban J connectivity index is 2.17. The fourth-order valence-electron chi connectivity index (χ4n) is 1.63. The Bertz CT molecular complexity index is 449. The number of carbonyl (C=O) groups excluding carboxylic acids is 1. The van der Waals surface area contributed by atoms with Crippen molar-refractivity contribution >= 4 is 12.0 Å². The minimum absolute atomic E-state index is 0.132. The molecule has 0 aliphatic heterocycles. The van der Waals surface area contributed by atoms with Crippen LogP contribution in [0, 0.1) is 0 Å². The molecule has 0 aromatic heterocycles. The maximum Gasteiger partial charge on any atom is 0.315 e. The Hall–Kier alpha value is -2.24. The first-order valence-electron chi connectivity index (χ1n) is 6.48. The van der Waals surface area contributed by atoms with Gasteiger partial charge in [-0.3, -0.25) is 4.79 Å². The number of hydrogen-bond acceptors (Lipinski definition) is 3. The van der Waals surface area contributed by atoms with Crippen LogP contribution in [0.3, 0.4) is 0 Å². The molecule has 110 valence electrons. The first-order chi connectivity index (χ1) is 9.61. The highest BCUT2D eigenvalue weighted by Crippen LogP contribution is 2.11. The first-order valence-corrected chi connectivity index (χ1v) is 6.48. The Labute approximate surface area is 118 Å². The van der Waals surface area contributed by atoms with Crippen LogP contribution in [0.4, 0.5) is 4.79 Å². The topological polar surface area (TPSA) is 87.7 Å². The fraction of sp³-hybridized carbons (Fsp3) is 0.429. The number of carbonyl (C=O) groups is 2. The van der Waals surface area contributed by atoms with E-state index in [1.54, 1.807) is 7.11 Å². The molecule has 20 heavy (non-hydrogen) atoms. The van der Waals surface area contributed by atoms with Crippen LogP contribution < -0.4 is 15.4 Å². The van der Waals surface area contributed by atoms with Gasteiger partial charge in [0.25, 0.3) is 0 Å². The molecule has 0 bridgehead atoms. The lowest BCUT2D eigenvalue weighted by atomic mass is 10.2. The number of benzene rings is 1. The van der Waals surface area contributed by atoms with E-state index >= 15 is 0 Å². The average Bonchev–Trinajstić information content (AvgIpc) is 2.44. The number of urea groups is 1. The first kappa shape index (κ1) is 15.8. The van der Waals surface area contributed by atoms with Gasteiger partial charge in [0.1, 0.15) is 5.75 Å². The van der Waals surface area contributed by atoms with Crippen molar-refractivity contribution < 1.29 is 19.4 Å². The Morgan fingerprint density at radius 3 is 2.75 bits per heavy atom. The Kier molecular flexibility index (Phi) is 6.95. The van der Waals surface area contributed by atoms with E-state index in [1.807, 2.05) is 24.3 Å². The van der Waals surface area contributed by atoms with Gasteiger partial charge in [0, 0.05) is 19.5 Å². The van der Waals surface area contributed by atoms with Gasteiger partial charge in [0.05, 0.1) is 7.11 Å². The fourth-order valence-corrected chi connectivity index (χ4v) is 1.63. The highest BCUT2D eigenvalue weighted by atomic mass is 16.5. The van der Waals surface area contributed by atoms with Gasteiger partial charge in [-0.1, -0.05) is 12.1 Å². The summed E-state index contributed by atoms with van der Waals surface area (Å²) in [5.41, 5.74) is 0.949. The zero-order valence-corrected chi connectivity index (χ0v) is 11.5. The number of methoxy groups -OCH3 is 1. The highest BCUT2D eigenvalue weighted by Gasteiger charge is 2.01. The minimum Gasteiger partial charge on any atom is -0.497 e. The second-order valence-electron chi connectivity index (χ2n) is 4.31. The van der Waals surface area contributed by atoms with Gasteiger partial charge in [-0.2, -0.15) is 0 Å². The largest absolute Gasteiger partial charge is 0.497 e. The number of ether oxygens (including phenoxy) is 1. The predicted molar refractivity (Wildman–Crippen MR) is 74.7 cm³/mol. The molecule has 0 saturated carbocycles. The molecule has 0 atom stereocenters. The summed E-state index contributed by atoms with van der Waals surface area (Å²) in [4.78, 5) is 21.8. The van der Waals surface area contributed by atoms with Crippen molar-refractivity contribution in [2.75, 3.05) is 13.7 Å². The quantitative estimate of drug-likeness (QED) is 0.633. The van der Waals surface area contributed by atoms with Crippen molar-refractivity contribution in [3.8, 4) is 5.75 Å². The van der Waals surface area contributed by atoms with Gasteiger partial charge in [-0.15, -0.1) is 0 Å². The van der Waals surface area contributed by atoms with E-state index in [9.17, 15) is 9.59 Å². The molecule has 0 heterocycles. The van der Waals surface area contributed by atoms with Crippen molar-refractivity contribution in [1.29, 1.82) is 0 Å². The Morgan fingerprint density at radius 2 is 2.05 bits per heavy atom. The number of rotatable bonds is 8. The molecular weight excluding hydrogens is 260 g/mol. The van der Waals surface area contributed by atoms with E-state index in [0.29, 0.717) is 25.9 Å². The van der Waals surface area contributed by atoms with Crippen LogP contribution in [0.1, 0.15) is 24.8 Å². The summed E-state index contributed by atoms with van der Waals surface area (Å²) in [5.74, 6) is -0.0640. The molecule has 0 fully saturated rings. The van der Waals surface area contributed by atoms with Gasteiger partial charge < -0.3 is 20.5 Å². The van der Waals surface area contributed by atoms with Crippen molar-refractivity contribution in [3.63, 3.8) is 0 Å². The monoisotopic (exact) mass is 280 g/mol. The lowest BCUT2D eigenvalue weighted by Crippen LogP contribution is -2.35. The zero-order chi connectivity index (χ0) is 14.8. The molecule has 0 aliphatic rings. The standard InChI is InChI=1S/C14H20N2O4/c1-20-12-6-4-5-11(9-12)10-16-14(19)15-8-3-2-7-13(17)18/h4-6,9H,2-3,7-8,10H2,1H3,(H,17,18)(H2,15,16,19). The SMILES string of the molecule is COc1cccc(CNC(=O)NCCCCC(=O)O)c1. The Morgan fingerprint density at radius 1 is 1.25 bits per heavy atom. The predicted octanol–water partition coefficient (Wildman–Crippen LogP) is 1.75. The summed E-state index contributed by atoms with van der Waals surface area (Å²) in [7, 11) is 1.59. The van der Waals surface area contributed by atoms with E-state index < -0.39 is 5.97 Å². The third-order valence-corrected chi connectivity index (χ3v) is 2.69. The molecule has 3 N–H and O–H groups in total. The number of unbranched alkanes of at least 4 members (excludes halogenated alkanes) is 1. The van der Waals surface area contributed by atoms with E-state index in [1.165, 1.54) is 0 Å². The molecule has 0 saturated heterocycles. The lowest BCUT2D eigenvalue weighted by molar-refractivity contribution is -0.137. The number of nitrogens with one attached hydrogen (secondary N) is 2. The maximum atomic E-state index is 11.5. The number of hydrogen-bond donors (Lipinski definition) is 3. The van der Waals surface area contributed by atoms with Gasteiger partial charge in [-0.25, -0.2) is 4.79 Å². The summed E-state index contributed by atoms with van der Waals surface area (Å²) < 4.78 is 5.10. The number of amides is 2. The van der Waals surface area contributed by atoms with Gasteiger partial charge in [0.15, 0.2) is 0 Å². The van der Waals surface area contributed by atoms with Crippen molar-refractivity contribution in [2.45, 2.75) is 25.8 Å². The number of aliphatic carboxylic acids is 1. The smallest absolute Gasteiger partial charge is 0.315 e. The molecule has 1 rings (SSSR count). The van der Waals surface area contributed by atoms with E-state index in [4.69, 9.17) is 9.84 Å². The normalized spacial score (nSPS) is 9.85. The average molecular weight is 280 g/mol. The summed E-state index contributed by atoms with van der Waals surface area (Å²) in [5, 5.41) is 13.9. The second-order valence-corrected chi connectivity index (χ2v) is 4.31. The molecule has 0 unspecified atom stereocenters. The molecular formula is C14H20N2O4. The highest BCUT2D eigenvalue weighted by molar-refractivity contribution is 5.73. The van der Waals surface area contributed by atoms with Gasteiger partial charge >= 0.3 is 12.0 Å². The second kappa shape index (κ2) is 8.79. The summed E-state index contributed by atoms with van der Waals surface area (Å²) in [6.45, 7) is 0.884. The molecule has 0 aliphatic carbocycles. The van der Waals surface area contributed by atoms with Crippen LogP contribution in [-0.4, -0.2) is 30.8 Å². The third-order valence-electron chi connectivity index (χ3n) is 2.69.